The van der Waals surface area contributed by atoms with Crippen LogP contribution in [0.4, 0.5) is 0 Å². The van der Waals surface area contributed by atoms with Crippen LogP contribution >= 0.6 is 0 Å². The first-order valence-electron chi connectivity index (χ1n) is 13.9. The molecule has 0 bridgehead atoms. The summed E-state index contributed by atoms with van der Waals surface area (Å²) in [5.41, 5.74) is 10.7. The van der Waals surface area contributed by atoms with Gasteiger partial charge in [-0.2, -0.15) is 0 Å². The van der Waals surface area contributed by atoms with Crippen molar-refractivity contribution in [1.29, 1.82) is 0 Å². The molecule has 216 valence electrons. The number of hydrogen-bond donors (Lipinski definition) is 5. The first-order chi connectivity index (χ1) is 20.4. The number of aromatic nitrogens is 1. The van der Waals surface area contributed by atoms with Crippen molar-refractivity contribution in [3.63, 3.8) is 0 Å². The van der Waals surface area contributed by atoms with Crippen LogP contribution in [0.3, 0.4) is 0 Å². The fourth-order valence-electron chi connectivity index (χ4n) is 5.03. The second kappa shape index (κ2) is 13.4. The van der Waals surface area contributed by atoms with Crippen molar-refractivity contribution in [2.75, 3.05) is 26.7 Å². The van der Waals surface area contributed by atoms with E-state index in [4.69, 9.17) is 15.2 Å². The number of pyridine rings is 1. The predicted molar refractivity (Wildman–Crippen MR) is 165 cm³/mol. The molecule has 0 saturated carbocycles. The molecule has 1 heterocycles. The van der Waals surface area contributed by atoms with Gasteiger partial charge in [0.05, 0.1) is 18.7 Å². The summed E-state index contributed by atoms with van der Waals surface area (Å²) in [6.07, 6.45) is 0.781. The number of ether oxygens (including phenoxy) is 2. The minimum Gasteiger partial charge on any atom is -0.506 e. The van der Waals surface area contributed by atoms with Crippen molar-refractivity contribution in [1.82, 2.24) is 10.3 Å². The number of rotatable bonds is 12. The third-order valence-corrected chi connectivity index (χ3v) is 7.19. The van der Waals surface area contributed by atoms with Gasteiger partial charge in [0, 0.05) is 23.6 Å². The number of methoxy groups -OCH3 is 1. The minimum absolute atomic E-state index is 0.0282. The van der Waals surface area contributed by atoms with E-state index >= 15 is 0 Å². The van der Waals surface area contributed by atoms with Crippen LogP contribution in [0.25, 0.3) is 22.0 Å². The first kappa shape index (κ1) is 28.9. The van der Waals surface area contributed by atoms with Crippen LogP contribution in [0.15, 0.2) is 95.8 Å². The Balaban J connectivity index is 1.17. The molecule has 0 aliphatic rings. The number of benzene rings is 4. The maximum Gasteiger partial charge on any atom is 0.248 e. The molecular formula is C34H35N3O5. The fraction of sp³-hybridized carbons (Fsp3) is 0.206. The third-order valence-electron chi connectivity index (χ3n) is 7.19. The highest BCUT2D eigenvalue weighted by Crippen LogP contribution is 2.35. The van der Waals surface area contributed by atoms with Gasteiger partial charge in [0.2, 0.25) is 5.56 Å². The van der Waals surface area contributed by atoms with Crippen LogP contribution in [-0.4, -0.2) is 41.9 Å². The first-order valence-corrected chi connectivity index (χ1v) is 13.9. The average molecular weight is 566 g/mol. The topological polar surface area (TPSA) is 130 Å². The van der Waals surface area contributed by atoms with E-state index in [0.29, 0.717) is 41.9 Å². The largest absolute Gasteiger partial charge is 0.506 e. The molecule has 1 aromatic heterocycles. The van der Waals surface area contributed by atoms with E-state index in [1.807, 2.05) is 48.5 Å². The number of phenolic OH excluding ortho intramolecular Hbond substituents is 1. The molecule has 0 aliphatic carbocycles. The minimum atomic E-state index is -0.799. The highest BCUT2D eigenvalue weighted by Gasteiger charge is 2.14. The van der Waals surface area contributed by atoms with Crippen LogP contribution in [0.1, 0.15) is 22.8 Å². The molecule has 5 rings (SSSR count). The zero-order valence-corrected chi connectivity index (χ0v) is 23.5. The second-order valence-electron chi connectivity index (χ2n) is 10.1. The zero-order chi connectivity index (χ0) is 29.5. The molecule has 42 heavy (non-hydrogen) atoms. The zero-order valence-electron chi connectivity index (χ0n) is 23.5. The summed E-state index contributed by atoms with van der Waals surface area (Å²) < 4.78 is 11.8. The molecule has 0 radical (unpaired) electrons. The van der Waals surface area contributed by atoms with Gasteiger partial charge in [0.1, 0.15) is 23.0 Å². The summed E-state index contributed by atoms with van der Waals surface area (Å²) in [5.74, 6) is 2.19. The van der Waals surface area contributed by atoms with Crippen LogP contribution in [0.2, 0.25) is 0 Å². The average Bonchev–Trinajstić information content (AvgIpc) is 3.01. The van der Waals surface area contributed by atoms with Gasteiger partial charge in [-0.1, -0.05) is 42.5 Å². The SMILES string of the molecule is COc1ccc(Oc2ccc(CCNC[C@H](O)c3ccc(O)c4[nH]c(=O)ccc34)cc2)cc1-c1cccc(CCN)c1. The molecule has 8 nitrogen and oxygen atoms in total. The normalized spacial score (nSPS) is 11.9. The monoisotopic (exact) mass is 565 g/mol. The number of aliphatic hydroxyl groups excluding tert-OH is 1. The number of hydrogen-bond acceptors (Lipinski definition) is 7. The lowest BCUT2D eigenvalue weighted by molar-refractivity contribution is 0.176. The van der Waals surface area contributed by atoms with Crippen molar-refractivity contribution in [3.05, 3.63) is 118 Å². The van der Waals surface area contributed by atoms with Crippen molar-refractivity contribution in [2.45, 2.75) is 18.9 Å². The van der Waals surface area contributed by atoms with Crippen molar-refractivity contribution < 1.29 is 19.7 Å². The molecule has 0 saturated heterocycles. The standard InChI is InChI=1S/C34H35N3O5/c1-41-32-13-9-26(20-29(32)24-4-2-3-23(19-24)15-17-35)42-25-7-5-22(6-8-25)16-18-36-21-31(39)27-10-12-30(38)34-28(27)11-14-33(40)37-34/h2-14,19-20,31,36,38-39H,15-18,21,35H2,1H3,(H,37,40)/t31-/m0/s1. The quantitative estimate of drug-likeness (QED) is 0.134. The molecule has 0 unspecified atom stereocenters. The Bertz CT molecular complexity index is 1720. The summed E-state index contributed by atoms with van der Waals surface area (Å²) in [5, 5.41) is 24.7. The molecule has 5 aromatic rings. The Kier molecular flexibility index (Phi) is 9.18. The molecule has 8 heteroatoms. The van der Waals surface area contributed by atoms with E-state index in [9.17, 15) is 15.0 Å². The van der Waals surface area contributed by atoms with Crippen molar-refractivity contribution in [3.8, 4) is 34.1 Å². The Morgan fingerprint density at radius 3 is 2.50 bits per heavy atom. The number of fused-ring (bicyclic) bond motifs is 1. The van der Waals surface area contributed by atoms with Crippen LogP contribution < -0.4 is 26.1 Å². The van der Waals surface area contributed by atoms with Crippen molar-refractivity contribution in [2.24, 2.45) is 5.73 Å². The molecular weight excluding hydrogens is 530 g/mol. The molecule has 0 spiro atoms. The van der Waals surface area contributed by atoms with Crippen LogP contribution in [-0.2, 0) is 12.8 Å². The lowest BCUT2D eigenvalue weighted by Gasteiger charge is -2.15. The third kappa shape index (κ3) is 6.80. The van der Waals surface area contributed by atoms with Gasteiger partial charge in [-0.05, 0) is 90.6 Å². The van der Waals surface area contributed by atoms with Gasteiger partial charge in [0.15, 0.2) is 0 Å². The predicted octanol–water partition coefficient (Wildman–Crippen LogP) is 5.07. The second-order valence-corrected chi connectivity index (χ2v) is 10.1. The maximum atomic E-state index is 11.6. The van der Waals surface area contributed by atoms with E-state index in [2.05, 4.69) is 28.5 Å². The molecule has 0 aliphatic heterocycles. The number of aromatic hydroxyl groups is 1. The van der Waals surface area contributed by atoms with Crippen LogP contribution in [0, 0.1) is 0 Å². The Morgan fingerprint density at radius 2 is 1.71 bits per heavy atom. The van der Waals surface area contributed by atoms with E-state index in [-0.39, 0.29) is 11.3 Å². The summed E-state index contributed by atoms with van der Waals surface area (Å²) in [4.78, 5) is 14.3. The van der Waals surface area contributed by atoms with Gasteiger partial charge in [-0.15, -0.1) is 0 Å². The smallest absolute Gasteiger partial charge is 0.248 e. The van der Waals surface area contributed by atoms with Gasteiger partial charge >= 0.3 is 0 Å². The van der Waals surface area contributed by atoms with Gasteiger partial charge in [-0.25, -0.2) is 0 Å². The van der Waals surface area contributed by atoms with Gasteiger partial charge < -0.3 is 35.7 Å². The van der Waals surface area contributed by atoms with Gasteiger partial charge in [0.25, 0.3) is 0 Å². The molecule has 1 atom stereocenters. The van der Waals surface area contributed by atoms with E-state index in [1.165, 1.54) is 17.7 Å². The molecule has 0 amide bonds. The maximum absolute atomic E-state index is 11.6. The van der Waals surface area contributed by atoms with Crippen molar-refractivity contribution >= 4 is 10.9 Å². The van der Waals surface area contributed by atoms with Gasteiger partial charge in [-0.3, -0.25) is 4.79 Å². The number of H-pyrrole nitrogens is 1. The number of phenols is 1. The van der Waals surface area contributed by atoms with E-state index < -0.39 is 6.10 Å². The molecule has 4 aromatic carbocycles. The fourth-order valence-corrected chi connectivity index (χ4v) is 5.03. The summed E-state index contributed by atoms with van der Waals surface area (Å²) in [6.45, 7) is 1.59. The Morgan fingerprint density at radius 1 is 0.905 bits per heavy atom. The Hall–Kier alpha value is -4.63. The van der Waals surface area contributed by atoms with E-state index in [1.54, 1.807) is 19.2 Å². The molecule has 6 N–H and O–H groups in total. The number of aliphatic hydroxyl groups is 1. The van der Waals surface area contributed by atoms with E-state index in [0.717, 1.165) is 41.0 Å². The molecule has 0 fully saturated rings. The summed E-state index contributed by atoms with van der Waals surface area (Å²) >= 11 is 0. The lowest BCUT2D eigenvalue weighted by atomic mass is 10.0. The number of aromatic amines is 1. The summed E-state index contributed by atoms with van der Waals surface area (Å²) in [6, 6.07) is 28.2. The highest BCUT2D eigenvalue weighted by atomic mass is 16.5. The highest BCUT2D eigenvalue weighted by molar-refractivity contribution is 5.87. The van der Waals surface area contributed by atoms with Crippen LogP contribution in [0.5, 0.6) is 23.0 Å². The Labute approximate surface area is 244 Å². The summed E-state index contributed by atoms with van der Waals surface area (Å²) in [7, 11) is 1.66. The lowest BCUT2D eigenvalue weighted by Crippen LogP contribution is -2.24. The number of nitrogens with one attached hydrogen (secondary N) is 2. The number of nitrogens with two attached hydrogens (primary N) is 1.